The summed E-state index contributed by atoms with van der Waals surface area (Å²) in [5, 5.41) is 0. The number of rotatable bonds is 3. The molecule has 0 saturated heterocycles. The minimum Gasteiger partial charge on any atom is -0.490 e. The summed E-state index contributed by atoms with van der Waals surface area (Å²) in [7, 11) is 0. The van der Waals surface area contributed by atoms with Crippen LogP contribution in [0.15, 0.2) is 18.2 Å². The molecule has 12 heavy (non-hydrogen) atoms. The Morgan fingerprint density at radius 1 is 1.42 bits per heavy atom. The molecule has 0 heterocycles. The van der Waals surface area contributed by atoms with E-state index in [9.17, 15) is 4.39 Å². The van der Waals surface area contributed by atoms with Crippen LogP contribution >= 0.6 is 0 Å². The van der Waals surface area contributed by atoms with Crippen LogP contribution in [0.3, 0.4) is 0 Å². The molecule has 4 heteroatoms. The van der Waals surface area contributed by atoms with Crippen LogP contribution in [0.4, 0.5) is 10.1 Å². The highest BCUT2D eigenvalue weighted by Gasteiger charge is 2.03. The fourth-order valence-electron chi connectivity index (χ4n) is 0.812. The minimum atomic E-state index is -0.468. The zero-order chi connectivity index (χ0) is 8.97. The van der Waals surface area contributed by atoms with Crippen molar-refractivity contribution in [2.75, 3.05) is 18.9 Å². The van der Waals surface area contributed by atoms with E-state index in [0.717, 1.165) is 0 Å². The Morgan fingerprint density at radius 3 is 2.83 bits per heavy atom. The van der Waals surface area contributed by atoms with E-state index >= 15 is 0 Å². The van der Waals surface area contributed by atoms with E-state index in [2.05, 4.69) is 0 Å². The average Bonchev–Trinajstić information content (AvgIpc) is 2.08. The molecule has 0 fully saturated rings. The number of ether oxygens (including phenoxy) is 1. The molecule has 0 bridgehead atoms. The average molecular weight is 170 g/mol. The highest BCUT2D eigenvalue weighted by molar-refractivity contribution is 5.53. The van der Waals surface area contributed by atoms with Gasteiger partial charge in [-0.1, -0.05) is 6.07 Å². The molecule has 1 aromatic carbocycles. The molecule has 3 nitrogen and oxygen atoms in total. The number of nitrogens with two attached hydrogens (primary N) is 2. The summed E-state index contributed by atoms with van der Waals surface area (Å²) in [6.45, 7) is 0.726. The molecule has 0 unspecified atom stereocenters. The first-order valence-corrected chi connectivity index (χ1v) is 3.62. The highest BCUT2D eigenvalue weighted by Crippen LogP contribution is 2.23. The van der Waals surface area contributed by atoms with E-state index in [0.29, 0.717) is 18.9 Å². The van der Waals surface area contributed by atoms with Crippen molar-refractivity contribution in [1.82, 2.24) is 0 Å². The van der Waals surface area contributed by atoms with Gasteiger partial charge in [0, 0.05) is 6.54 Å². The van der Waals surface area contributed by atoms with Crippen molar-refractivity contribution >= 4 is 5.69 Å². The molecule has 4 N–H and O–H groups in total. The van der Waals surface area contributed by atoms with Crippen molar-refractivity contribution in [3.63, 3.8) is 0 Å². The molecule has 1 rings (SSSR count). The molecule has 0 spiro atoms. The van der Waals surface area contributed by atoms with Crippen molar-refractivity contribution < 1.29 is 9.13 Å². The van der Waals surface area contributed by atoms with Crippen LogP contribution < -0.4 is 16.2 Å². The molecule has 0 radical (unpaired) electrons. The van der Waals surface area contributed by atoms with Crippen LogP contribution in [0, 0.1) is 5.82 Å². The lowest BCUT2D eigenvalue weighted by Crippen LogP contribution is -2.11. The minimum absolute atomic E-state index is 0.0333. The van der Waals surface area contributed by atoms with Gasteiger partial charge in [-0.15, -0.1) is 0 Å². The maximum atomic E-state index is 12.8. The lowest BCUT2D eigenvalue weighted by molar-refractivity contribution is 0.328. The van der Waals surface area contributed by atoms with Gasteiger partial charge < -0.3 is 16.2 Å². The Kier molecular flexibility index (Phi) is 2.88. The summed E-state index contributed by atoms with van der Waals surface area (Å²) < 4.78 is 17.8. The summed E-state index contributed by atoms with van der Waals surface area (Å²) in [5.74, 6) is -0.120. The van der Waals surface area contributed by atoms with Gasteiger partial charge in [0.25, 0.3) is 0 Å². The molecule has 0 amide bonds. The van der Waals surface area contributed by atoms with Gasteiger partial charge in [-0.2, -0.15) is 0 Å². The Morgan fingerprint density at radius 2 is 2.17 bits per heavy atom. The second-order valence-corrected chi connectivity index (χ2v) is 2.29. The number of hydrogen-bond donors (Lipinski definition) is 2. The van der Waals surface area contributed by atoms with Gasteiger partial charge in [0.2, 0.25) is 0 Å². The van der Waals surface area contributed by atoms with Crippen LogP contribution in [-0.2, 0) is 0 Å². The van der Waals surface area contributed by atoms with Gasteiger partial charge >= 0.3 is 0 Å². The van der Waals surface area contributed by atoms with Crippen LogP contribution in [-0.4, -0.2) is 13.2 Å². The second kappa shape index (κ2) is 3.92. The predicted molar refractivity (Wildman–Crippen MR) is 45.4 cm³/mol. The molecule has 0 saturated carbocycles. The predicted octanol–water partition coefficient (Wildman–Crippen LogP) is 0.745. The third-order valence-corrected chi connectivity index (χ3v) is 1.39. The van der Waals surface area contributed by atoms with Gasteiger partial charge in [-0.3, -0.25) is 0 Å². The standard InChI is InChI=1S/C8H11FN2O/c9-6-2-1-3-7(8(6)11)12-5-4-10/h1-3H,4-5,10-11H2. The topological polar surface area (TPSA) is 61.3 Å². The summed E-state index contributed by atoms with van der Waals surface area (Å²) in [6.07, 6.45) is 0. The Hall–Kier alpha value is -1.29. The molecule has 0 aliphatic carbocycles. The largest absolute Gasteiger partial charge is 0.490 e. The number of hydrogen-bond acceptors (Lipinski definition) is 3. The summed E-state index contributed by atoms with van der Waals surface area (Å²) in [6, 6.07) is 4.43. The molecule has 0 aromatic heterocycles. The molecular formula is C8H11FN2O. The monoisotopic (exact) mass is 170 g/mol. The van der Waals surface area contributed by atoms with Crippen molar-refractivity contribution in [1.29, 1.82) is 0 Å². The number of anilines is 1. The SMILES string of the molecule is NCCOc1cccc(F)c1N. The molecule has 0 aliphatic rings. The fourth-order valence-corrected chi connectivity index (χ4v) is 0.812. The maximum Gasteiger partial charge on any atom is 0.149 e. The zero-order valence-corrected chi connectivity index (χ0v) is 6.59. The summed E-state index contributed by atoms with van der Waals surface area (Å²) in [4.78, 5) is 0. The van der Waals surface area contributed by atoms with Crippen LogP contribution in [0.5, 0.6) is 5.75 Å². The van der Waals surface area contributed by atoms with Gasteiger partial charge in [-0.05, 0) is 12.1 Å². The summed E-state index contributed by atoms with van der Waals surface area (Å²) in [5.41, 5.74) is 10.6. The highest BCUT2D eigenvalue weighted by atomic mass is 19.1. The van der Waals surface area contributed by atoms with Gasteiger partial charge in [0.15, 0.2) is 0 Å². The van der Waals surface area contributed by atoms with E-state index in [4.69, 9.17) is 16.2 Å². The van der Waals surface area contributed by atoms with Crippen molar-refractivity contribution in [3.05, 3.63) is 24.0 Å². The van der Waals surface area contributed by atoms with Gasteiger partial charge in [0.1, 0.15) is 23.9 Å². The second-order valence-electron chi connectivity index (χ2n) is 2.29. The van der Waals surface area contributed by atoms with Crippen molar-refractivity contribution in [3.8, 4) is 5.75 Å². The number of nitrogen functional groups attached to an aromatic ring is 1. The fraction of sp³-hybridized carbons (Fsp3) is 0.250. The van der Waals surface area contributed by atoms with Crippen LogP contribution in [0.1, 0.15) is 0 Å². The van der Waals surface area contributed by atoms with E-state index in [-0.39, 0.29) is 5.69 Å². The molecule has 1 aromatic rings. The van der Waals surface area contributed by atoms with Gasteiger partial charge in [-0.25, -0.2) is 4.39 Å². The number of para-hydroxylation sites is 1. The molecule has 0 atom stereocenters. The first-order chi connectivity index (χ1) is 5.75. The third-order valence-electron chi connectivity index (χ3n) is 1.39. The smallest absolute Gasteiger partial charge is 0.149 e. The number of halogens is 1. The lowest BCUT2D eigenvalue weighted by atomic mass is 10.3. The Labute approximate surface area is 70.1 Å². The van der Waals surface area contributed by atoms with Crippen LogP contribution in [0.25, 0.3) is 0 Å². The lowest BCUT2D eigenvalue weighted by Gasteiger charge is -2.07. The quantitative estimate of drug-likeness (QED) is 0.658. The third kappa shape index (κ3) is 1.85. The maximum absolute atomic E-state index is 12.8. The van der Waals surface area contributed by atoms with E-state index < -0.39 is 5.82 Å². The van der Waals surface area contributed by atoms with E-state index in [1.807, 2.05) is 0 Å². The Balaban J connectivity index is 2.78. The van der Waals surface area contributed by atoms with Crippen molar-refractivity contribution in [2.45, 2.75) is 0 Å². The first kappa shape index (κ1) is 8.80. The normalized spacial score (nSPS) is 9.83. The van der Waals surface area contributed by atoms with Gasteiger partial charge in [0.05, 0.1) is 0 Å². The molecule has 66 valence electrons. The van der Waals surface area contributed by atoms with Crippen LogP contribution in [0.2, 0.25) is 0 Å². The molecule has 0 aliphatic heterocycles. The molecular weight excluding hydrogens is 159 g/mol. The first-order valence-electron chi connectivity index (χ1n) is 3.62. The van der Waals surface area contributed by atoms with E-state index in [1.54, 1.807) is 6.07 Å². The zero-order valence-electron chi connectivity index (χ0n) is 6.59. The number of benzene rings is 1. The van der Waals surface area contributed by atoms with E-state index in [1.165, 1.54) is 12.1 Å². The summed E-state index contributed by atoms with van der Waals surface area (Å²) >= 11 is 0. The Bertz CT molecular complexity index is 265. The van der Waals surface area contributed by atoms with Crippen molar-refractivity contribution in [2.24, 2.45) is 5.73 Å².